The Morgan fingerprint density at radius 2 is 2.14 bits per heavy atom. The second-order valence-corrected chi connectivity index (χ2v) is 7.98. The first kappa shape index (κ1) is 15.3. The molecule has 118 valence electrons. The Labute approximate surface area is 129 Å². The Morgan fingerprint density at radius 1 is 1.43 bits per heavy atom. The number of nitrogens with one attached hydrogen (secondary N) is 1. The molecule has 2 fully saturated rings. The number of imidazole rings is 1. The van der Waals surface area contributed by atoms with Gasteiger partial charge in [-0.2, -0.15) is 0 Å². The number of ether oxygens (including phenoxy) is 1. The highest BCUT2D eigenvalue weighted by Gasteiger charge is 2.45. The molecule has 1 saturated carbocycles. The van der Waals surface area contributed by atoms with E-state index in [0.717, 1.165) is 32.1 Å². The van der Waals surface area contributed by atoms with Crippen molar-refractivity contribution in [3.05, 3.63) is 11.5 Å². The molecule has 0 aromatic carbocycles. The van der Waals surface area contributed by atoms with Gasteiger partial charge in [-0.05, 0) is 31.1 Å². The van der Waals surface area contributed by atoms with Crippen LogP contribution in [0, 0.1) is 5.41 Å². The lowest BCUT2D eigenvalue weighted by Crippen LogP contribution is -2.47. The lowest BCUT2D eigenvalue weighted by molar-refractivity contribution is 0.00800. The number of hydrogen-bond acceptors (Lipinski definition) is 4. The summed E-state index contributed by atoms with van der Waals surface area (Å²) >= 11 is 6.02. The average molecular weight is 334 g/mol. The Morgan fingerprint density at radius 3 is 2.76 bits per heavy atom. The first-order valence-electron chi connectivity index (χ1n) is 7.21. The summed E-state index contributed by atoms with van der Waals surface area (Å²) in [5.74, 6) is 0. The molecule has 1 atom stereocenters. The highest BCUT2D eigenvalue weighted by molar-refractivity contribution is 7.89. The van der Waals surface area contributed by atoms with E-state index in [1.807, 2.05) is 0 Å². The molecule has 0 amide bonds. The lowest BCUT2D eigenvalue weighted by atomic mass is 9.76. The van der Waals surface area contributed by atoms with Crippen LogP contribution in [-0.2, 0) is 21.8 Å². The van der Waals surface area contributed by atoms with Crippen molar-refractivity contribution in [3.8, 4) is 0 Å². The van der Waals surface area contributed by atoms with E-state index < -0.39 is 10.0 Å². The molecule has 6 nitrogen and oxygen atoms in total. The Balaban J connectivity index is 1.83. The Kier molecular flexibility index (Phi) is 4.02. The third-order valence-corrected chi connectivity index (χ3v) is 6.74. The third-order valence-electron chi connectivity index (χ3n) is 4.78. The largest absolute Gasteiger partial charge is 0.381 e. The van der Waals surface area contributed by atoms with Crippen LogP contribution in [0.25, 0.3) is 0 Å². The quantitative estimate of drug-likeness (QED) is 0.913. The monoisotopic (exact) mass is 333 g/mol. The summed E-state index contributed by atoms with van der Waals surface area (Å²) in [6.07, 6.45) is 6.20. The fourth-order valence-electron chi connectivity index (χ4n) is 3.52. The van der Waals surface area contributed by atoms with E-state index >= 15 is 0 Å². The summed E-state index contributed by atoms with van der Waals surface area (Å²) in [5, 5.41) is 0.0577. The van der Waals surface area contributed by atoms with Gasteiger partial charge in [0.25, 0.3) is 10.0 Å². The van der Waals surface area contributed by atoms with E-state index in [2.05, 4.69) is 9.71 Å². The summed E-state index contributed by atoms with van der Waals surface area (Å²) in [7, 11) is -2.01. The van der Waals surface area contributed by atoms with Crippen molar-refractivity contribution >= 4 is 21.6 Å². The molecular weight excluding hydrogens is 314 g/mol. The highest BCUT2D eigenvalue weighted by atomic mass is 35.5. The molecular formula is C13H20ClN3O3S. The molecule has 2 heterocycles. The molecule has 1 aliphatic carbocycles. The zero-order valence-electron chi connectivity index (χ0n) is 12.0. The minimum absolute atomic E-state index is 0.0343. The molecule has 0 radical (unpaired) electrons. The summed E-state index contributed by atoms with van der Waals surface area (Å²) in [6, 6.07) is -0.0514. The molecule has 3 rings (SSSR count). The molecule has 2 aliphatic rings. The fraction of sp³-hybridized carbons (Fsp3) is 0.769. The summed E-state index contributed by atoms with van der Waals surface area (Å²) in [6.45, 7) is 1.42. The van der Waals surface area contributed by atoms with Gasteiger partial charge in [0.2, 0.25) is 5.03 Å². The van der Waals surface area contributed by atoms with Crippen molar-refractivity contribution in [1.29, 1.82) is 0 Å². The predicted octanol–water partition coefficient (Wildman–Crippen LogP) is 1.70. The summed E-state index contributed by atoms with van der Waals surface area (Å²) in [4.78, 5) is 3.92. The molecule has 8 heteroatoms. The van der Waals surface area contributed by atoms with Crippen molar-refractivity contribution in [2.75, 3.05) is 13.2 Å². The maximum Gasteiger partial charge on any atom is 0.261 e. The normalized spacial score (nSPS) is 25.5. The predicted molar refractivity (Wildman–Crippen MR) is 78.7 cm³/mol. The fourth-order valence-corrected chi connectivity index (χ4v) is 5.32. The minimum atomic E-state index is -3.68. The maximum absolute atomic E-state index is 12.5. The highest BCUT2D eigenvalue weighted by Crippen LogP contribution is 2.46. The molecule has 1 aromatic heterocycles. The van der Waals surface area contributed by atoms with Crippen LogP contribution in [0.4, 0.5) is 0 Å². The zero-order chi connectivity index (χ0) is 15.1. The molecule has 1 aromatic rings. The van der Waals surface area contributed by atoms with Gasteiger partial charge in [0.1, 0.15) is 5.15 Å². The van der Waals surface area contributed by atoms with Crippen LogP contribution in [-0.4, -0.2) is 37.2 Å². The van der Waals surface area contributed by atoms with E-state index in [0.29, 0.717) is 13.2 Å². The smallest absolute Gasteiger partial charge is 0.261 e. The topological polar surface area (TPSA) is 73.2 Å². The first-order valence-corrected chi connectivity index (χ1v) is 9.08. The average Bonchev–Trinajstić information content (AvgIpc) is 2.97. The molecule has 1 spiro atoms. The van der Waals surface area contributed by atoms with E-state index in [9.17, 15) is 8.42 Å². The minimum Gasteiger partial charge on any atom is -0.381 e. The number of hydrogen-bond donors (Lipinski definition) is 1. The molecule has 1 unspecified atom stereocenters. The van der Waals surface area contributed by atoms with Crippen molar-refractivity contribution in [2.24, 2.45) is 12.5 Å². The van der Waals surface area contributed by atoms with Crippen molar-refractivity contribution in [1.82, 2.24) is 14.3 Å². The number of aromatic nitrogens is 2. The van der Waals surface area contributed by atoms with E-state index in [-0.39, 0.29) is 21.6 Å². The SMILES string of the molecule is Cn1cnc(S(=O)(=O)NC2CCCC23CCOCC3)c1Cl. The zero-order valence-corrected chi connectivity index (χ0v) is 13.6. The van der Waals surface area contributed by atoms with Crippen LogP contribution in [0.3, 0.4) is 0 Å². The van der Waals surface area contributed by atoms with E-state index in [1.54, 1.807) is 7.05 Å². The number of sulfonamides is 1. The van der Waals surface area contributed by atoms with Gasteiger partial charge in [0.15, 0.2) is 0 Å². The summed E-state index contributed by atoms with van der Waals surface area (Å²) < 4.78 is 34.9. The van der Waals surface area contributed by atoms with Crippen LogP contribution < -0.4 is 4.72 Å². The Hall–Kier alpha value is -0.630. The van der Waals surface area contributed by atoms with Crippen LogP contribution in [0.1, 0.15) is 32.1 Å². The van der Waals surface area contributed by atoms with Gasteiger partial charge in [0.05, 0.1) is 6.33 Å². The van der Waals surface area contributed by atoms with Crippen LogP contribution in [0.2, 0.25) is 5.15 Å². The number of nitrogens with zero attached hydrogens (tertiary/aromatic N) is 2. The molecule has 1 aliphatic heterocycles. The van der Waals surface area contributed by atoms with E-state index in [1.165, 1.54) is 10.9 Å². The number of halogens is 1. The van der Waals surface area contributed by atoms with Crippen molar-refractivity contribution < 1.29 is 13.2 Å². The van der Waals surface area contributed by atoms with Gasteiger partial charge in [-0.3, -0.25) is 0 Å². The standard InChI is InChI=1S/C13H20ClN3O3S/c1-17-9-15-12(11(17)14)21(18,19)16-10-3-2-4-13(10)5-7-20-8-6-13/h9-10,16H,2-8H2,1H3. The second kappa shape index (κ2) is 5.53. The van der Waals surface area contributed by atoms with Gasteiger partial charge in [-0.1, -0.05) is 18.0 Å². The number of aryl methyl sites for hydroxylation is 1. The lowest BCUT2D eigenvalue weighted by Gasteiger charge is -2.38. The van der Waals surface area contributed by atoms with Gasteiger partial charge in [-0.15, -0.1) is 0 Å². The summed E-state index contributed by atoms with van der Waals surface area (Å²) in [5.41, 5.74) is 0.0343. The number of rotatable bonds is 3. The Bertz CT molecular complexity index is 623. The molecule has 1 saturated heterocycles. The van der Waals surface area contributed by atoms with Crippen molar-refractivity contribution in [3.63, 3.8) is 0 Å². The van der Waals surface area contributed by atoms with Gasteiger partial charge < -0.3 is 9.30 Å². The van der Waals surface area contributed by atoms with Gasteiger partial charge in [-0.25, -0.2) is 18.1 Å². The van der Waals surface area contributed by atoms with Crippen LogP contribution >= 0.6 is 11.6 Å². The first-order chi connectivity index (χ1) is 9.95. The van der Waals surface area contributed by atoms with Gasteiger partial charge >= 0.3 is 0 Å². The van der Waals surface area contributed by atoms with Crippen LogP contribution in [0.5, 0.6) is 0 Å². The second-order valence-electron chi connectivity index (χ2n) is 5.99. The molecule has 0 bridgehead atoms. The third kappa shape index (κ3) is 2.72. The van der Waals surface area contributed by atoms with Gasteiger partial charge in [0, 0.05) is 26.3 Å². The van der Waals surface area contributed by atoms with E-state index in [4.69, 9.17) is 16.3 Å². The van der Waals surface area contributed by atoms with Crippen LogP contribution in [0.15, 0.2) is 11.4 Å². The maximum atomic E-state index is 12.5. The molecule has 21 heavy (non-hydrogen) atoms. The van der Waals surface area contributed by atoms with Crippen molar-refractivity contribution in [2.45, 2.75) is 43.2 Å². The molecule has 1 N–H and O–H groups in total.